The van der Waals surface area contributed by atoms with Crippen LogP contribution in [0.1, 0.15) is 69.3 Å². The topological polar surface area (TPSA) is 149 Å². The maximum Gasteiger partial charge on any atom is 0.397 e. The molecule has 2 amide bonds. The van der Waals surface area contributed by atoms with E-state index in [-0.39, 0.29) is 32.4 Å². The molecule has 4 aromatic rings. The highest BCUT2D eigenvalue weighted by Gasteiger charge is 2.60. The molecule has 0 spiro atoms. The van der Waals surface area contributed by atoms with Crippen molar-refractivity contribution in [2.24, 2.45) is 11.1 Å². The van der Waals surface area contributed by atoms with Crippen molar-refractivity contribution >= 4 is 23.4 Å². The van der Waals surface area contributed by atoms with Crippen LogP contribution in [-0.2, 0) is 15.1 Å². The highest BCUT2D eigenvalue weighted by atomic mass is 35.5. The van der Waals surface area contributed by atoms with Gasteiger partial charge in [0.2, 0.25) is 11.8 Å². The Labute approximate surface area is 307 Å². The minimum atomic E-state index is -4.90. The van der Waals surface area contributed by atoms with Crippen LogP contribution in [0.3, 0.4) is 0 Å². The van der Waals surface area contributed by atoms with Crippen LogP contribution in [0.25, 0.3) is 22.6 Å². The van der Waals surface area contributed by atoms with E-state index in [2.05, 4.69) is 30.9 Å². The van der Waals surface area contributed by atoms with Gasteiger partial charge in [0.15, 0.2) is 5.82 Å². The summed E-state index contributed by atoms with van der Waals surface area (Å²) in [5.41, 5.74) is 2.78. The molecule has 1 aliphatic heterocycles. The van der Waals surface area contributed by atoms with Gasteiger partial charge in [-0.25, -0.2) is 4.98 Å². The van der Waals surface area contributed by atoms with E-state index in [0.717, 1.165) is 37.9 Å². The van der Waals surface area contributed by atoms with Crippen LogP contribution in [0.4, 0.5) is 35.1 Å². The first-order valence-corrected chi connectivity index (χ1v) is 16.8. The zero-order chi connectivity index (χ0) is 39.4. The lowest BCUT2D eigenvalue weighted by Gasteiger charge is -2.38. The first kappa shape index (κ1) is 39.0. The molecule has 2 aromatic carbocycles. The van der Waals surface area contributed by atoms with Gasteiger partial charge in [0, 0.05) is 17.7 Å². The smallest absolute Gasteiger partial charge is 0.353 e. The summed E-state index contributed by atoms with van der Waals surface area (Å²) in [6.45, 7) is -2.08. The molecule has 6 rings (SSSR count). The number of nitrogens with two attached hydrogens (primary N) is 1. The summed E-state index contributed by atoms with van der Waals surface area (Å²) in [6, 6.07) is 8.44. The van der Waals surface area contributed by atoms with E-state index in [9.17, 15) is 44.7 Å². The van der Waals surface area contributed by atoms with E-state index in [1.165, 1.54) is 36.5 Å². The van der Waals surface area contributed by atoms with Crippen molar-refractivity contribution in [2.45, 2.75) is 82.3 Å². The maximum absolute atomic E-state index is 14.8. The normalized spacial score (nSPS) is 20.2. The first-order chi connectivity index (χ1) is 25.2. The largest absolute Gasteiger partial charge is 0.397 e. The van der Waals surface area contributed by atoms with Crippen molar-refractivity contribution in [1.82, 2.24) is 45.3 Å². The number of halogens is 9. The SMILES string of the molecule is CC(C)(C[C@]1(c2ccc(-c3cnn(C4CC4)n3)cc2)NC(N)N([C@H](CNC(=O)CC(F)(F)F)c2ccc(Cl)c(-c3ncnn3C(F)F)c2)C1=O)C(F)(F)F. The number of amides is 2. The number of rotatable bonds is 12. The summed E-state index contributed by atoms with van der Waals surface area (Å²) in [5.74, 6) is -2.90. The Kier molecular flexibility index (Phi) is 10.2. The summed E-state index contributed by atoms with van der Waals surface area (Å²) in [6.07, 6.45) is -9.86. The number of hydrogen-bond donors (Lipinski definition) is 3. The van der Waals surface area contributed by atoms with Crippen molar-refractivity contribution in [1.29, 1.82) is 0 Å². The summed E-state index contributed by atoms with van der Waals surface area (Å²) in [7, 11) is 0. The van der Waals surface area contributed by atoms with Crippen molar-refractivity contribution < 1.29 is 44.7 Å². The van der Waals surface area contributed by atoms with Crippen molar-refractivity contribution in [3.63, 3.8) is 0 Å². The molecule has 54 heavy (non-hydrogen) atoms. The molecule has 0 radical (unpaired) electrons. The molecular formula is C33H33ClF8N10O2. The summed E-state index contributed by atoms with van der Waals surface area (Å²) in [5, 5.41) is 17.0. The Hall–Kier alpha value is -4.69. The molecule has 290 valence electrons. The van der Waals surface area contributed by atoms with Gasteiger partial charge in [-0.3, -0.25) is 20.6 Å². The predicted octanol–water partition coefficient (Wildman–Crippen LogP) is 6.24. The number of nitrogens with zero attached hydrogens (tertiary/aromatic N) is 7. The fraction of sp³-hybridized carbons (Fsp3) is 0.455. The molecule has 0 bridgehead atoms. The van der Waals surface area contributed by atoms with Gasteiger partial charge >= 0.3 is 18.9 Å². The molecule has 1 unspecified atom stereocenters. The van der Waals surface area contributed by atoms with Gasteiger partial charge in [-0.2, -0.15) is 59.9 Å². The van der Waals surface area contributed by atoms with Gasteiger partial charge in [-0.15, -0.1) is 0 Å². The Bertz CT molecular complexity index is 2010. The van der Waals surface area contributed by atoms with Gasteiger partial charge in [-0.05, 0) is 42.5 Å². The van der Waals surface area contributed by atoms with Crippen molar-refractivity contribution in [3.05, 3.63) is 71.1 Å². The Balaban J connectivity index is 1.43. The number of aromatic nitrogens is 6. The highest BCUT2D eigenvalue weighted by molar-refractivity contribution is 6.33. The van der Waals surface area contributed by atoms with E-state index >= 15 is 0 Å². The van der Waals surface area contributed by atoms with Gasteiger partial charge in [0.1, 0.15) is 30.3 Å². The van der Waals surface area contributed by atoms with Crippen LogP contribution in [-0.4, -0.2) is 71.7 Å². The lowest BCUT2D eigenvalue weighted by Crippen LogP contribution is -2.51. The third-order valence-electron chi connectivity index (χ3n) is 9.39. The van der Waals surface area contributed by atoms with E-state index in [0.29, 0.717) is 11.3 Å². The molecule has 3 heterocycles. The summed E-state index contributed by atoms with van der Waals surface area (Å²) in [4.78, 5) is 33.5. The van der Waals surface area contributed by atoms with Gasteiger partial charge < -0.3 is 10.2 Å². The number of nitrogens with one attached hydrogen (secondary N) is 2. The zero-order valence-electron chi connectivity index (χ0n) is 28.5. The average molecular weight is 789 g/mol. The molecule has 2 aliphatic rings. The van der Waals surface area contributed by atoms with Crippen LogP contribution in [0.5, 0.6) is 0 Å². The van der Waals surface area contributed by atoms with Gasteiger partial charge in [0.25, 0.3) is 0 Å². The monoisotopic (exact) mass is 788 g/mol. The number of hydrogen-bond acceptors (Lipinski definition) is 8. The van der Waals surface area contributed by atoms with E-state index in [4.69, 9.17) is 17.3 Å². The Morgan fingerprint density at radius 1 is 1.07 bits per heavy atom. The van der Waals surface area contributed by atoms with Gasteiger partial charge in [0.05, 0.1) is 28.7 Å². The van der Waals surface area contributed by atoms with E-state index < -0.39 is 79.2 Å². The second-order valence-corrected chi connectivity index (χ2v) is 14.2. The van der Waals surface area contributed by atoms with Crippen LogP contribution in [0, 0.1) is 5.41 Å². The average Bonchev–Trinajstić information content (AvgIpc) is 3.49. The highest BCUT2D eigenvalue weighted by Crippen LogP contribution is 2.49. The minimum absolute atomic E-state index is 0.0103. The second-order valence-electron chi connectivity index (χ2n) is 13.8. The molecule has 4 N–H and O–H groups in total. The van der Waals surface area contributed by atoms with Crippen molar-refractivity contribution in [2.75, 3.05) is 6.54 Å². The van der Waals surface area contributed by atoms with Crippen LogP contribution in [0.2, 0.25) is 5.02 Å². The molecule has 2 aromatic heterocycles. The summed E-state index contributed by atoms with van der Waals surface area (Å²) >= 11 is 6.35. The quantitative estimate of drug-likeness (QED) is 0.143. The molecule has 1 aliphatic carbocycles. The molecule has 1 saturated heterocycles. The molecule has 12 nitrogen and oxygen atoms in total. The number of alkyl halides is 8. The second kappa shape index (κ2) is 14.2. The van der Waals surface area contributed by atoms with Crippen LogP contribution < -0.4 is 16.4 Å². The fourth-order valence-corrected chi connectivity index (χ4v) is 6.62. The molecule has 21 heteroatoms. The predicted molar refractivity (Wildman–Crippen MR) is 176 cm³/mol. The van der Waals surface area contributed by atoms with E-state index in [1.807, 2.05) is 0 Å². The lowest BCUT2D eigenvalue weighted by molar-refractivity contribution is -0.218. The lowest BCUT2D eigenvalue weighted by atomic mass is 9.74. The standard InChI is InChI=1S/C33H33ClF8N10O2/c1-30(2,33(40,41)42)15-31(19-6-3-17(4-7-19)23-13-46-52(49-23)20-8-9-20)27(54)50(29(43)48-31)24(14-44-25(53)12-32(37,38)39)18-5-10-22(34)21(11-18)26-45-16-47-51(26)28(35)36/h3-7,10-11,13,16,20,24,28-29,48H,8-9,12,14-15,43H2,1-2H3,(H,44,53)/t24-,29?,31-/m1/s1. The molecular weight excluding hydrogens is 756 g/mol. The molecule has 1 saturated carbocycles. The number of carbonyl (C=O) groups is 2. The minimum Gasteiger partial charge on any atom is -0.353 e. The third kappa shape index (κ3) is 7.76. The first-order valence-electron chi connectivity index (χ1n) is 16.5. The fourth-order valence-electron chi connectivity index (χ4n) is 6.42. The zero-order valence-corrected chi connectivity index (χ0v) is 29.2. The van der Waals surface area contributed by atoms with Crippen molar-refractivity contribution in [3.8, 4) is 22.6 Å². The maximum atomic E-state index is 14.8. The van der Waals surface area contributed by atoms with E-state index in [1.54, 1.807) is 16.9 Å². The number of benzene rings is 2. The third-order valence-corrected chi connectivity index (χ3v) is 9.72. The molecule has 2 fully saturated rings. The molecule has 3 atom stereocenters. The summed E-state index contributed by atoms with van der Waals surface area (Å²) < 4.78 is 111. The van der Waals surface area contributed by atoms with Crippen LogP contribution in [0.15, 0.2) is 55.0 Å². The van der Waals surface area contributed by atoms with Gasteiger partial charge in [-0.1, -0.05) is 55.8 Å². The Morgan fingerprint density at radius 2 is 1.76 bits per heavy atom. The number of carbonyl (C=O) groups excluding carboxylic acids is 2. The Morgan fingerprint density at radius 3 is 2.37 bits per heavy atom. The van der Waals surface area contributed by atoms with Crippen LogP contribution >= 0.6 is 11.6 Å².